The summed E-state index contributed by atoms with van der Waals surface area (Å²) >= 11 is 1.69. The van der Waals surface area contributed by atoms with E-state index in [-0.39, 0.29) is 0 Å². The number of para-hydroxylation sites is 1. The van der Waals surface area contributed by atoms with E-state index in [1.165, 1.54) is 18.4 Å². The first-order valence-corrected chi connectivity index (χ1v) is 11.7. The lowest BCUT2D eigenvalue weighted by Crippen LogP contribution is -2.36. The van der Waals surface area contributed by atoms with E-state index in [1.54, 1.807) is 11.3 Å². The minimum absolute atomic E-state index is 0.715. The summed E-state index contributed by atoms with van der Waals surface area (Å²) in [5.41, 5.74) is 3.29. The van der Waals surface area contributed by atoms with Crippen LogP contribution >= 0.6 is 11.3 Å². The van der Waals surface area contributed by atoms with Crippen molar-refractivity contribution in [2.75, 3.05) is 18.0 Å². The SMILES string of the molecule is c1ccc(CC2CCN(c3nc4ccccc4c4nnc(-c5cccs5)n34)CC2)cc1. The lowest BCUT2D eigenvalue weighted by atomic mass is 9.90. The Morgan fingerprint density at radius 3 is 2.48 bits per heavy atom. The Hall–Kier alpha value is -3.25. The monoisotopic (exact) mass is 425 g/mol. The molecule has 31 heavy (non-hydrogen) atoms. The van der Waals surface area contributed by atoms with Gasteiger partial charge >= 0.3 is 0 Å². The van der Waals surface area contributed by atoms with E-state index >= 15 is 0 Å². The van der Waals surface area contributed by atoms with Crippen molar-refractivity contribution in [3.05, 3.63) is 77.7 Å². The lowest BCUT2D eigenvalue weighted by molar-refractivity contribution is 0.400. The van der Waals surface area contributed by atoms with Gasteiger partial charge in [0.1, 0.15) is 0 Å². The molecule has 6 rings (SSSR count). The van der Waals surface area contributed by atoms with Crippen LogP contribution in [0.3, 0.4) is 0 Å². The molecule has 2 aromatic carbocycles. The highest BCUT2D eigenvalue weighted by molar-refractivity contribution is 7.13. The van der Waals surface area contributed by atoms with Gasteiger partial charge in [0.25, 0.3) is 0 Å². The highest BCUT2D eigenvalue weighted by atomic mass is 32.1. The third-order valence-electron chi connectivity index (χ3n) is 6.23. The molecule has 1 fully saturated rings. The molecular weight excluding hydrogens is 402 g/mol. The molecule has 0 spiro atoms. The second kappa shape index (κ2) is 7.78. The Morgan fingerprint density at radius 1 is 0.871 bits per heavy atom. The lowest BCUT2D eigenvalue weighted by Gasteiger charge is -2.33. The maximum absolute atomic E-state index is 5.09. The summed E-state index contributed by atoms with van der Waals surface area (Å²) < 4.78 is 2.16. The van der Waals surface area contributed by atoms with Crippen LogP contribution in [0.2, 0.25) is 0 Å². The molecular formula is C25H23N5S. The summed E-state index contributed by atoms with van der Waals surface area (Å²) in [5, 5.41) is 12.3. The molecule has 0 amide bonds. The van der Waals surface area contributed by atoms with Crippen molar-refractivity contribution in [2.45, 2.75) is 19.3 Å². The van der Waals surface area contributed by atoms with E-state index in [0.717, 1.165) is 52.7 Å². The van der Waals surface area contributed by atoms with Crippen LogP contribution in [0, 0.1) is 5.92 Å². The standard InChI is InChI=1S/C25H23N5S/c1-2-7-18(8-3-1)17-19-12-14-29(15-13-19)25-26-21-10-5-4-9-20(21)23-27-28-24(30(23)25)22-11-6-16-31-22/h1-11,16,19H,12-15,17H2. The van der Waals surface area contributed by atoms with E-state index in [4.69, 9.17) is 4.98 Å². The molecule has 0 saturated carbocycles. The average Bonchev–Trinajstić information content (AvgIpc) is 3.50. The van der Waals surface area contributed by atoms with Crippen LogP contribution in [0.25, 0.3) is 27.3 Å². The van der Waals surface area contributed by atoms with Gasteiger partial charge in [-0.25, -0.2) is 9.38 Å². The maximum Gasteiger partial charge on any atom is 0.213 e. The fraction of sp³-hybridized carbons (Fsp3) is 0.240. The maximum atomic E-state index is 5.09. The Kier molecular flexibility index (Phi) is 4.65. The van der Waals surface area contributed by atoms with Gasteiger partial charge in [-0.1, -0.05) is 48.5 Å². The molecule has 5 nitrogen and oxygen atoms in total. The van der Waals surface area contributed by atoms with Crippen LogP contribution in [0.1, 0.15) is 18.4 Å². The third-order valence-corrected chi connectivity index (χ3v) is 7.10. The van der Waals surface area contributed by atoms with Crippen molar-refractivity contribution >= 4 is 33.8 Å². The van der Waals surface area contributed by atoms with Crippen LogP contribution in [0.4, 0.5) is 5.95 Å². The number of nitrogens with zero attached hydrogens (tertiary/aromatic N) is 5. The number of thiophene rings is 1. The number of fused-ring (bicyclic) bond motifs is 3. The molecule has 3 aromatic heterocycles. The molecule has 0 bridgehead atoms. The average molecular weight is 426 g/mol. The molecule has 4 heterocycles. The zero-order valence-electron chi connectivity index (χ0n) is 17.2. The Balaban J connectivity index is 1.37. The summed E-state index contributed by atoms with van der Waals surface area (Å²) in [7, 11) is 0. The van der Waals surface area contributed by atoms with Crippen molar-refractivity contribution in [3.63, 3.8) is 0 Å². The van der Waals surface area contributed by atoms with Gasteiger partial charge in [0.05, 0.1) is 10.4 Å². The van der Waals surface area contributed by atoms with Gasteiger partial charge in [0.15, 0.2) is 11.5 Å². The molecule has 154 valence electrons. The molecule has 0 N–H and O–H groups in total. The minimum Gasteiger partial charge on any atom is -0.342 e. The van der Waals surface area contributed by atoms with E-state index in [9.17, 15) is 0 Å². The van der Waals surface area contributed by atoms with Gasteiger partial charge < -0.3 is 4.90 Å². The van der Waals surface area contributed by atoms with Gasteiger partial charge in [0, 0.05) is 18.5 Å². The van der Waals surface area contributed by atoms with Crippen LogP contribution < -0.4 is 4.90 Å². The quantitative estimate of drug-likeness (QED) is 0.383. The molecule has 0 aliphatic carbocycles. The molecule has 6 heteroatoms. The summed E-state index contributed by atoms with van der Waals surface area (Å²) in [6, 6.07) is 23.2. The number of rotatable bonds is 4. The number of piperidine rings is 1. The van der Waals surface area contributed by atoms with Crippen molar-refractivity contribution < 1.29 is 0 Å². The van der Waals surface area contributed by atoms with E-state index < -0.39 is 0 Å². The van der Waals surface area contributed by atoms with Crippen LogP contribution in [-0.4, -0.2) is 32.7 Å². The van der Waals surface area contributed by atoms with Crippen molar-refractivity contribution in [1.29, 1.82) is 0 Å². The first kappa shape index (κ1) is 18.5. The van der Waals surface area contributed by atoms with Crippen LogP contribution in [0.15, 0.2) is 72.1 Å². The smallest absolute Gasteiger partial charge is 0.213 e. The Labute approximate surface area is 185 Å². The fourth-order valence-corrected chi connectivity index (χ4v) is 5.33. The number of aromatic nitrogens is 4. The van der Waals surface area contributed by atoms with Gasteiger partial charge in [-0.15, -0.1) is 21.5 Å². The third kappa shape index (κ3) is 3.37. The Morgan fingerprint density at radius 2 is 1.68 bits per heavy atom. The summed E-state index contributed by atoms with van der Waals surface area (Å²) in [5.74, 6) is 2.55. The van der Waals surface area contributed by atoms with E-state index in [0.29, 0.717) is 5.92 Å². The normalized spacial score (nSPS) is 15.2. The highest BCUT2D eigenvalue weighted by Gasteiger charge is 2.25. The minimum atomic E-state index is 0.715. The molecule has 1 aliphatic heterocycles. The van der Waals surface area contributed by atoms with Gasteiger partial charge in [0.2, 0.25) is 5.95 Å². The van der Waals surface area contributed by atoms with E-state index in [2.05, 4.69) is 79.5 Å². The Bertz CT molecular complexity index is 1320. The van der Waals surface area contributed by atoms with Gasteiger partial charge in [-0.2, -0.15) is 0 Å². The van der Waals surface area contributed by atoms with Crippen LogP contribution in [-0.2, 0) is 6.42 Å². The largest absolute Gasteiger partial charge is 0.342 e. The second-order valence-electron chi connectivity index (χ2n) is 8.21. The molecule has 5 aromatic rings. The van der Waals surface area contributed by atoms with Crippen molar-refractivity contribution in [3.8, 4) is 10.7 Å². The summed E-state index contributed by atoms with van der Waals surface area (Å²) in [6.45, 7) is 2.00. The number of hydrogen-bond acceptors (Lipinski definition) is 5. The molecule has 1 aliphatic rings. The van der Waals surface area contributed by atoms with Crippen molar-refractivity contribution in [2.24, 2.45) is 5.92 Å². The molecule has 1 saturated heterocycles. The number of benzene rings is 2. The summed E-state index contributed by atoms with van der Waals surface area (Å²) in [4.78, 5) is 8.63. The first-order valence-electron chi connectivity index (χ1n) is 10.8. The topological polar surface area (TPSA) is 46.3 Å². The van der Waals surface area contributed by atoms with Gasteiger partial charge in [-0.05, 0) is 54.3 Å². The molecule has 0 atom stereocenters. The second-order valence-corrected chi connectivity index (χ2v) is 9.16. The van der Waals surface area contributed by atoms with Crippen LogP contribution in [0.5, 0.6) is 0 Å². The van der Waals surface area contributed by atoms with Crippen molar-refractivity contribution in [1.82, 2.24) is 19.6 Å². The molecule has 0 radical (unpaired) electrons. The zero-order valence-corrected chi connectivity index (χ0v) is 18.0. The summed E-state index contributed by atoms with van der Waals surface area (Å²) in [6.07, 6.45) is 3.49. The fourth-order valence-electron chi connectivity index (χ4n) is 4.63. The predicted molar refractivity (Wildman–Crippen MR) is 127 cm³/mol. The first-order chi connectivity index (χ1) is 15.4. The van der Waals surface area contributed by atoms with Gasteiger partial charge in [-0.3, -0.25) is 0 Å². The molecule has 0 unspecified atom stereocenters. The zero-order chi connectivity index (χ0) is 20.6. The highest BCUT2D eigenvalue weighted by Crippen LogP contribution is 2.32. The van der Waals surface area contributed by atoms with E-state index in [1.807, 2.05) is 12.1 Å². The number of hydrogen-bond donors (Lipinski definition) is 0. The number of anilines is 1. The predicted octanol–water partition coefficient (Wildman–Crippen LogP) is 5.47.